The van der Waals surface area contributed by atoms with Crippen molar-refractivity contribution in [2.75, 3.05) is 0 Å². The molecule has 0 saturated heterocycles. The fraction of sp³-hybridized carbons (Fsp3) is 0.250. The van der Waals surface area contributed by atoms with E-state index in [1.807, 2.05) is 0 Å². The lowest BCUT2D eigenvalue weighted by molar-refractivity contribution is 0.107. The number of aromatic nitrogens is 1. The van der Waals surface area contributed by atoms with Crippen LogP contribution < -0.4 is 0 Å². The number of carbonyl (C=O) groups excluding carboxylic acids is 1. The summed E-state index contributed by atoms with van der Waals surface area (Å²) < 4.78 is 24.8. The van der Waals surface area contributed by atoms with Gasteiger partial charge in [0.2, 0.25) is 0 Å². The first-order valence-corrected chi connectivity index (χ1v) is 4.51. The van der Waals surface area contributed by atoms with Gasteiger partial charge in [-0.2, -0.15) is 0 Å². The molecule has 1 rings (SSSR count). The molecule has 0 aromatic carbocycles. The molecule has 0 spiro atoms. The highest BCUT2D eigenvalue weighted by molar-refractivity contribution is 6.68. The SMILES string of the molecule is O=C(Cl)c1ccnc(C(F)F)c1CCl. The van der Waals surface area contributed by atoms with Crippen molar-refractivity contribution in [3.05, 3.63) is 29.1 Å². The number of carbonyl (C=O) groups is 1. The van der Waals surface area contributed by atoms with Crippen molar-refractivity contribution in [1.29, 1.82) is 0 Å². The minimum atomic E-state index is -2.76. The van der Waals surface area contributed by atoms with Gasteiger partial charge in [-0.1, -0.05) is 0 Å². The van der Waals surface area contributed by atoms with Gasteiger partial charge in [-0.3, -0.25) is 9.78 Å². The quantitative estimate of drug-likeness (QED) is 0.600. The standard InChI is InChI=1S/C8H5Cl2F2NO/c9-3-5-4(7(10)14)1-2-13-6(5)8(11)12/h1-2,8H,3H2. The molecule has 6 heteroatoms. The first-order valence-electron chi connectivity index (χ1n) is 3.59. The highest BCUT2D eigenvalue weighted by Gasteiger charge is 2.19. The van der Waals surface area contributed by atoms with Gasteiger partial charge >= 0.3 is 0 Å². The number of halogens is 4. The lowest BCUT2D eigenvalue weighted by Crippen LogP contribution is -2.03. The molecule has 1 heterocycles. The van der Waals surface area contributed by atoms with Crippen LogP contribution in [0.25, 0.3) is 0 Å². The van der Waals surface area contributed by atoms with Crippen molar-refractivity contribution < 1.29 is 13.6 Å². The van der Waals surface area contributed by atoms with Gasteiger partial charge in [0, 0.05) is 17.3 Å². The van der Waals surface area contributed by atoms with Crippen LogP contribution in [0.15, 0.2) is 12.3 Å². The summed E-state index contributed by atoms with van der Waals surface area (Å²) in [6, 6.07) is 1.26. The zero-order valence-electron chi connectivity index (χ0n) is 6.81. The molecule has 2 nitrogen and oxygen atoms in total. The van der Waals surface area contributed by atoms with Crippen LogP contribution in [0, 0.1) is 0 Å². The summed E-state index contributed by atoms with van der Waals surface area (Å²) in [7, 11) is 0. The highest BCUT2D eigenvalue weighted by Crippen LogP contribution is 2.25. The summed E-state index contributed by atoms with van der Waals surface area (Å²) in [6.07, 6.45) is -1.66. The Morgan fingerprint density at radius 1 is 1.57 bits per heavy atom. The van der Waals surface area contributed by atoms with Gasteiger partial charge in [-0.25, -0.2) is 8.78 Å². The van der Waals surface area contributed by atoms with Crippen LogP contribution >= 0.6 is 23.2 Å². The largest absolute Gasteiger partial charge is 0.280 e. The normalized spacial score (nSPS) is 10.6. The van der Waals surface area contributed by atoms with Crippen LogP contribution in [0.4, 0.5) is 8.78 Å². The molecule has 0 saturated carbocycles. The maximum absolute atomic E-state index is 12.4. The smallest absolute Gasteiger partial charge is 0.276 e. The Kier molecular flexibility index (Phi) is 3.77. The van der Waals surface area contributed by atoms with E-state index in [-0.39, 0.29) is 17.0 Å². The third-order valence-electron chi connectivity index (χ3n) is 1.64. The van der Waals surface area contributed by atoms with Gasteiger partial charge in [-0.15, -0.1) is 11.6 Å². The molecule has 0 bridgehead atoms. The van der Waals surface area contributed by atoms with Gasteiger partial charge in [0.1, 0.15) is 5.69 Å². The molecule has 76 valence electrons. The van der Waals surface area contributed by atoms with Crippen LogP contribution in [-0.4, -0.2) is 10.2 Å². The lowest BCUT2D eigenvalue weighted by Gasteiger charge is -2.07. The third-order valence-corrected chi connectivity index (χ3v) is 2.11. The molecule has 0 N–H and O–H groups in total. The second-order valence-corrected chi connectivity index (χ2v) is 3.04. The number of hydrogen-bond donors (Lipinski definition) is 0. The van der Waals surface area contributed by atoms with Crippen molar-refractivity contribution >= 4 is 28.4 Å². The maximum Gasteiger partial charge on any atom is 0.280 e. The number of pyridine rings is 1. The zero-order chi connectivity index (χ0) is 10.7. The fourth-order valence-electron chi connectivity index (χ4n) is 1.02. The highest BCUT2D eigenvalue weighted by atomic mass is 35.5. The summed E-state index contributed by atoms with van der Waals surface area (Å²) in [6.45, 7) is 0. The topological polar surface area (TPSA) is 30.0 Å². The number of hydrogen-bond acceptors (Lipinski definition) is 2. The predicted octanol–water partition coefficient (Wildman–Crippen LogP) is 3.14. The van der Waals surface area contributed by atoms with Crippen molar-refractivity contribution in [1.82, 2.24) is 4.98 Å². The average molecular weight is 240 g/mol. The maximum atomic E-state index is 12.4. The van der Waals surface area contributed by atoms with E-state index in [1.54, 1.807) is 0 Å². The van der Waals surface area contributed by atoms with E-state index in [9.17, 15) is 13.6 Å². The third kappa shape index (κ3) is 2.19. The molecule has 0 atom stereocenters. The molecule has 0 aliphatic rings. The summed E-state index contributed by atoms with van der Waals surface area (Å²) in [5.41, 5.74) is -0.525. The van der Waals surface area contributed by atoms with Crippen molar-refractivity contribution in [3.63, 3.8) is 0 Å². The molecule has 0 aliphatic heterocycles. The van der Waals surface area contributed by atoms with Crippen molar-refractivity contribution in [2.24, 2.45) is 0 Å². The van der Waals surface area contributed by atoms with E-state index in [2.05, 4.69) is 4.98 Å². The Morgan fingerprint density at radius 2 is 2.21 bits per heavy atom. The molecule has 1 aromatic heterocycles. The van der Waals surface area contributed by atoms with E-state index < -0.39 is 17.4 Å². The van der Waals surface area contributed by atoms with E-state index in [1.165, 1.54) is 6.07 Å². The first-order chi connectivity index (χ1) is 6.57. The Labute approximate surface area is 88.8 Å². The van der Waals surface area contributed by atoms with Crippen LogP contribution in [0.5, 0.6) is 0 Å². The van der Waals surface area contributed by atoms with Crippen molar-refractivity contribution in [2.45, 2.75) is 12.3 Å². The van der Waals surface area contributed by atoms with E-state index in [0.717, 1.165) is 6.20 Å². The van der Waals surface area contributed by atoms with E-state index in [4.69, 9.17) is 23.2 Å². The Bertz CT molecular complexity index is 357. The van der Waals surface area contributed by atoms with Gasteiger partial charge in [0.05, 0.1) is 5.88 Å². The summed E-state index contributed by atoms with van der Waals surface area (Å²) in [4.78, 5) is 14.3. The van der Waals surface area contributed by atoms with Gasteiger partial charge in [-0.05, 0) is 17.7 Å². The van der Waals surface area contributed by atoms with E-state index in [0.29, 0.717) is 0 Å². The van der Waals surface area contributed by atoms with Gasteiger partial charge < -0.3 is 0 Å². The molecule has 0 fully saturated rings. The van der Waals surface area contributed by atoms with Gasteiger partial charge in [0.15, 0.2) is 0 Å². The van der Waals surface area contributed by atoms with Crippen molar-refractivity contribution in [3.8, 4) is 0 Å². The Balaban J connectivity index is 3.32. The molecular weight excluding hydrogens is 235 g/mol. The fourth-order valence-corrected chi connectivity index (χ4v) is 1.48. The molecule has 0 aliphatic carbocycles. The Morgan fingerprint density at radius 3 is 2.64 bits per heavy atom. The number of nitrogens with zero attached hydrogens (tertiary/aromatic N) is 1. The second kappa shape index (κ2) is 4.66. The zero-order valence-corrected chi connectivity index (χ0v) is 8.32. The Hall–Kier alpha value is -0.740. The second-order valence-electron chi connectivity index (χ2n) is 2.43. The number of alkyl halides is 3. The number of rotatable bonds is 3. The predicted molar refractivity (Wildman–Crippen MR) is 48.9 cm³/mol. The first kappa shape index (κ1) is 11.3. The summed E-state index contributed by atoms with van der Waals surface area (Å²) in [5.74, 6) is -0.221. The molecule has 14 heavy (non-hydrogen) atoms. The van der Waals surface area contributed by atoms with Crippen LogP contribution in [0.3, 0.4) is 0 Å². The minimum absolute atomic E-state index is 0.0100. The van der Waals surface area contributed by atoms with Crippen LogP contribution in [-0.2, 0) is 5.88 Å². The average Bonchev–Trinajstić information content (AvgIpc) is 2.16. The molecule has 0 radical (unpaired) electrons. The molecule has 1 aromatic rings. The van der Waals surface area contributed by atoms with Crippen LogP contribution in [0.2, 0.25) is 0 Å². The molecule has 0 unspecified atom stereocenters. The van der Waals surface area contributed by atoms with E-state index >= 15 is 0 Å². The minimum Gasteiger partial charge on any atom is -0.276 e. The molecular formula is C8H5Cl2F2NO. The van der Waals surface area contributed by atoms with Crippen LogP contribution in [0.1, 0.15) is 28.0 Å². The summed E-state index contributed by atoms with van der Waals surface area (Å²) in [5, 5.41) is -0.815. The summed E-state index contributed by atoms with van der Waals surface area (Å²) >= 11 is 10.6. The molecule has 0 amide bonds. The monoisotopic (exact) mass is 239 g/mol. The van der Waals surface area contributed by atoms with Gasteiger partial charge in [0.25, 0.3) is 11.7 Å². The lowest BCUT2D eigenvalue weighted by atomic mass is 10.1.